The van der Waals surface area contributed by atoms with Crippen LogP contribution in [0.1, 0.15) is 13.8 Å². The Kier molecular flexibility index (Phi) is 5.53. The van der Waals surface area contributed by atoms with E-state index in [2.05, 4.69) is 9.47 Å². The van der Waals surface area contributed by atoms with Crippen molar-refractivity contribution in [1.82, 2.24) is 0 Å². The van der Waals surface area contributed by atoms with Gasteiger partial charge >= 0.3 is 11.3 Å². The minimum absolute atomic E-state index is 0.196. The zero-order valence-electron chi connectivity index (χ0n) is 7.33. The summed E-state index contributed by atoms with van der Waals surface area (Å²) in [7, 11) is 0. The summed E-state index contributed by atoms with van der Waals surface area (Å²) < 4.78 is 9.07. The molecule has 0 saturated carbocycles. The maximum Gasteiger partial charge on any atom is 0.369 e. The molecule has 0 heterocycles. The van der Waals surface area contributed by atoms with Crippen molar-refractivity contribution in [2.75, 3.05) is 13.0 Å². The normalized spacial score (nSPS) is 9.67. The Morgan fingerprint density at radius 2 is 1.92 bits per heavy atom. The van der Waals surface area contributed by atoms with Gasteiger partial charge in [0.05, 0.1) is 5.92 Å². The summed E-state index contributed by atoms with van der Waals surface area (Å²) in [5, 5.41) is -0.452. The highest BCUT2D eigenvalue weighted by Gasteiger charge is 2.08. The molecule has 0 spiro atoms. The van der Waals surface area contributed by atoms with Gasteiger partial charge in [0, 0.05) is 0 Å². The zero-order chi connectivity index (χ0) is 9.56. The monoisotopic (exact) mass is 192 g/mol. The topological polar surface area (TPSA) is 52.6 Å². The summed E-state index contributed by atoms with van der Waals surface area (Å²) in [6, 6.07) is 0. The van der Waals surface area contributed by atoms with Gasteiger partial charge in [0.25, 0.3) is 0 Å². The number of ether oxygens (including phenoxy) is 2. The average Bonchev–Trinajstić information content (AvgIpc) is 2.03. The molecule has 0 bridgehead atoms. The molecular weight excluding hydrogens is 180 g/mol. The van der Waals surface area contributed by atoms with Crippen molar-refractivity contribution in [3.8, 4) is 0 Å². The van der Waals surface area contributed by atoms with Crippen molar-refractivity contribution in [3.05, 3.63) is 0 Å². The zero-order valence-corrected chi connectivity index (χ0v) is 8.14. The van der Waals surface area contributed by atoms with Crippen LogP contribution in [0, 0.1) is 5.92 Å². The van der Waals surface area contributed by atoms with Crippen molar-refractivity contribution < 1.29 is 19.1 Å². The number of carbonyl (C=O) groups is 2. The third kappa shape index (κ3) is 5.01. The molecule has 0 radical (unpaired) electrons. The van der Waals surface area contributed by atoms with Crippen molar-refractivity contribution in [1.29, 1.82) is 0 Å². The Labute approximate surface area is 75.6 Å². The molecule has 70 valence electrons. The molecule has 0 saturated heterocycles. The van der Waals surface area contributed by atoms with E-state index in [9.17, 15) is 9.59 Å². The molecule has 0 aromatic rings. The van der Waals surface area contributed by atoms with Crippen molar-refractivity contribution >= 4 is 23.0 Å². The van der Waals surface area contributed by atoms with Crippen LogP contribution >= 0.6 is 11.8 Å². The first-order valence-electron chi connectivity index (χ1n) is 3.45. The van der Waals surface area contributed by atoms with E-state index < -0.39 is 5.30 Å². The molecule has 0 unspecified atom stereocenters. The second-order valence-corrected chi connectivity index (χ2v) is 3.08. The second kappa shape index (κ2) is 5.88. The van der Waals surface area contributed by atoms with E-state index in [4.69, 9.17) is 0 Å². The lowest BCUT2D eigenvalue weighted by molar-refractivity contribution is -0.155. The third-order valence-electron chi connectivity index (χ3n) is 1.02. The van der Waals surface area contributed by atoms with Crippen molar-refractivity contribution in [2.45, 2.75) is 13.8 Å². The standard InChI is InChI=1S/C7H12O4S/c1-5(2)6(8)10-4-11-7(9)12-3/h5H,4H2,1-3H3. The fourth-order valence-corrected chi connectivity index (χ4v) is 0.527. The molecule has 0 N–H and O–H groups in total. The van der Waals surface area contributed by atoms with E-state index in [1.807, 2.05) is 0 Å². The quantitative estimate of drug-likeness (QED) is 0.502. The van der Waals surface area contributed by atoms with E-state index in [0.717, 1.165) is 11.8 Å². The van der Waals surface area contributed by atoms with E-state index in [-0.39, 0.29) is 18.7 Å². The highest BCUT2D eigenvalue weighted by atomic mass is 32.2. The number of hydrogen-bond donors (Lipinski definition) is 0. The molecule has 0 aliphatic rings. The molecule has 0 aromatic heterocycles. The third-order valence-corrected chi connectivity index (χ3v) is 1.47. The lowest BCUT2D eigenvalue weighted by Crippen LogP contribution is -2.14. The maximum absolute atomic E-state index is 10.8. The number of rotatable bonds is 3. The highest BCUT2D eigenvalue weighted by molar-refractivity contribution is 8.12. The number of carbonyl (C=O) groups excluding carboxylic acids is 2. The van der Waals surface area contributed by atoms with Crippen LogP contribution in [-0.4, -0.2) is 24.3 Å². The molecule has 0 aromatic carbocycles. The van der Waals surface area contributed by atoms with Gasteiger partial charge in [-0.3, -0.25) is 4.79 Å². The Hall–Kier alpha value is -0.710. The van der Waals surface area contributed by atoms with Crippen LogP contribution in [0.15, 0.2) is 0 Å². The van der Waals surface area contributed by atoms with Crippen LogP contribution in [0.25, 0.3) is 0 Å². The predicted octanol–water partition coefficient (Wildman–Crippen LogP) is 1.64. The van der Waals surface area contributed by atoms with E-state index in [0.29, 0.717) is 0 Å². The molecule has 4 nitrogen and oxygen atoms in total. The smallest absolute Gasteiger partial charge is 0.369 e. The van der Waals surface area contributed by atoms with Gasteiger partial charge in [-0.1, -0.05) is 13.8 Å². The van der Waals surface area contributed by atoms with Gasteiger partial charge in [0.1, 0.15) is 0 Å². The van der Waals surface area contributed by atoms with Crippen molar-refractivity contribution in [3.63, 3.8) is 0 Å². The number of thioether (sulfide) groups is 1. The first-order valence-corrected chi connectivity index (χ1v) is 4.67. The molecule has 0 atom stereocenters. The van der Waals surface area contributed by atoms with E-state index in [1.165, 1.54) is 0 Å². The van der Waals surface area contributed by atoms with Crippen LogP contribution < -0.4 is 0 Å². The van der Waals surface area contributed by atoms with E-state index in [1.54, 1.807) is 20.1 Å². The summed E-state index contributed by atoms with van der Waals surface area (Å²) in [6.07, 6.45) is 1.59. The SMILES string of the molecule is CSC(=O)OCOC(=O)C(C)C. The Morgan fingerprint density at radius 1 is 1.33 bits per heavy atom. The minimum Gasteiger partial charge on any atom is -0.428 e. The highest BCUT2D eigenvalue weighted by Crippen LogP contribution is 2.00. The van der Waals surface area contributed by atoms with Crippen LogP contribution in [-0.2, 0) is 14.3 Å². The average molecular weight is 192 g/mol. The summed E-state index contributed by atoms with van der Waals surface area (Å²) in [5.74, 6) is -0.568. The lowest BCUT2D eigenvalue weighted by atomic mass is 10.2. The molecule has 0 amide bonds. The first kappa shape index (κ1) is 11.3. The largest absolute Gasteiger partial charge is 0.428 e. The Bertz CT molecular complexity index is 167. The van der Waals surface area contributed by atoms with Gasteiger partial charge in [0.2, 0.25) is 6.79 Å². The molecule has 0 aliphatic carbocycles. The molecule has 0 rings (SSSR count). The van der Waals surface area contributed by atoms with Crippen LogP contribution in [0.4, 0.5) is 4.79 Å². The fourth-order valence-electron chi connectivity index (χ4n) is 0.361. The van der Waals surface area contributed by atoms with Gasteiger partial charge in [-0.2, -0.15) is 0 Å². The summed E-state index contributed by atoms with van der Waals surface area (Å²) in [4.78, 5) is 21.3. The molecule has 12 heavy (non-hydrogen) atoms. The lowest BCUT2D eigenvalue weighted by Gasteiger charge is -2.06. The van der Waals surface area contributed by atoms with Gasteiger partial charge < -0.3 is 9.47 Å². The van der Waals surface area contributed by atoms with Gasteiger partial charge in [-0.15, -0.1) is 0 Å². The molecule has 0 aliphatic heterocycles. The predicted molar refractivity (Wildman–Crippen MR) is 45.8 cm³/mol. The minimum atomic E-state index is -0.452. The second-order valence-electron chi connectivity index (χ2n) is 2.33. The molecular formula is C7H12O4S. The Morgan fingerprint density at radius 3 is 2.33 bits per heavy atom. The van der Waals surface area contributed by atoms with Crippen LogP contribution in [0.3, 0.4) is 0 Å². The summed E-state index contributed by atoms with van der Waals surface area (Å²) >= 11 is 0.932. The summed E-state index contributed by atoms with van der Waals surface area (Å²) in [5.41, 5.74) is 0. The number of hydrogen-bond acceptors (Lipinski definition) is 5. The molecule has 0 fully saturated rings. The van der Waals surface area contributed by atoms with Crippen LogP contribution in [0.2, 0.25) is 0 Å². The first-order chi connectivity index (χ1) is 5.57. The van der Waals surface area contributed by atoms with Gasteiger partial charge in [0.15, 0.2) is 0 Å². The Balaban J connectivity index is 3.44. The maximum atomic E-state index is 10.8. The van der Waals surface area contributed by atoms with Crippen molar-refractivity contribution in [2.24, 2.45) is 5.92 Å². The van der Waals surface area contributed by atoms with Gasteiger partial charge in [-0.25, -0.2) is 4.79 Å². The van der Waals surface area contributed by atoms with E-state index >= 15 is 0 Å². The summed E-state index contributed by atoms with van der Waals surface area (Å²) in [6.45, 7) is 3.12. The fraction of sp³-hybridized carbons (Fsp3) is 0.714. The number of esters is 1. The molecule has 5 heteroatoms. The van der Waals surface area contributed by atoms with Crippen LogP contribution in [0.5, 0.6) is 0 Å². The van der Waals surface area contributed by atoms with Gasteiger partial charge in [-0.05, 0) is 18.0 Å².